The molecule has 0 saturated heterocycles. The summed E-state index contributed by atoms with van der Waals surface area (Å²) in [6.07, 6.45) is 9.95. The minimum absolute atomic E-state index is 0.0145. The van der Waals surface area contributed by atoms with Crippen LogP contribution in [0.25, 0.3) is 18.2 Å². The van der Waals surface area contributed by atoms with Gasteiger partial charge in [-0.25, -0.2) is 4.39 Å². The van der Waals surface area contributed by atoms with Gasteiger partial charge in [-0.3, -0.25) is 14.4 Å². The molecule has 53 heavy (non-hydrogen) atoms. The number of hydrogen-bond donors (Lipinski definition) is 0. The summed E-state index contributed by atoms with van der Waals surface area (Å²) in [7, 11) is 0. The predicted molar refractivity (Wildman–Crippen MR) is 235 cm³/mol. The number of benzene rings is 3. The average Bonchev–Trinajstić information content (AvgIpc) is 3.88. The van der Waals surface area contributed by atoms with E-state index in [1.54, 1.807) is 88.6 Å². The Bertz CT molecular complexity index is 2200. The van der Waals surface area contributed by atoms with E-state index in [-0.39, 0.29) is 23.2 Å². The molecule has 3 aromatic heterocycles. The Morgan fingerprint density at radius 2 is 0.906 bits per heavy atom. The molecule has 270 valence electrons. The standard InChI is InChI=1S/C14H10BrClOS.C13H7BrCl2OS.C13H8BrFOS/c1-9-6-10(2-4-13(9)16)14(17)5-3-12-7-11(15)8-18-12;14-9-6-10(18-7-9)2-4-13(17)8-1-3-11(15)12(16)5-8;14-10-7-12(17-8-10)5-6-13(16)9-1-3-11(15)4-2-9/h2-8H,1H3;1-7H;1-8H. The van der Waals surface area contributed by atoms with Crippen molar-refractivity contribution in [2.45, 2.75) is 6.92 Å². The lowest BCUT2D eigenvalue weighted by molar-refractivity contribution is 0.103. The van der Waals surface area contributed by atoms with Crippen LogP contribution in [0.4, 0.5) is 4.39 Å². The van der Waals surface area contributed by atoms with Crippen LogP contribution in [0.3, 0.4) is 0 Å². The Kier molecular flexibility index (Phi) is 17.3. The van der Waals surface area contributed by atoms with Crippen LogP contribution in [-0.2, 0) is 0 Å². The lowest BCUT2D eigenvalue weighted by Gasteiger charge is -2.00. The van der Waals surface area contributed by atoms with Crippen LogP contribution in [0.1, 0.15) is 51.3 Å². The topological polar surface area (TPSA) is 51.2 Å². The van der Waals surface area contributed by atoms with Crippen LogP contribution < -0.4 is 0 Å². The molecule has 0 amide bonds. The Morgan fingerprint density at radius 1 is 0.528 bits per heavy atom. The lowest BCUT2D eigenvalue weighted by Crippen LogP contribution is -1.94. The van der Waals surface area contributed by atoms with Gasteiger partial charge in [-0.05, 0) is 176 Å². The van der Waals surface area contributed by atoms with E-state index < -0.39 is 0 Å². The van der Waals surface area contributed by atoms with E-state index in [0.29, 0.717) is 31.8 Å². The van der Waals surface area contributed by atoms with Crippen LogP contribution in [0, 0.1) is 12.7 Å². The number of allylic oxidation sites excluding steroid dienone is 3. The van der Waals surface area contributed by atoms with Crippen LogP contribution >= 0.6 is 117 Å². The molecule has 0 saturated carbocycles. The summed E-state index contributed by atoms with van der Waals surface area (Å²) in [4.78, 5) is 38.6. The molecule has 3 nitrogen and oxygen atoms in total. The van der Waals surface area contributed by atoms with E-state index in [1.807, 2.05) is 47.3 Å². The van der Waals surface area contributed by atoms with E-state index in [1.165, 1.54) is 36.4 Å². The first-order chi connectivity index (χ1) is 25.3. The lowest BCUT2D eigenvalue weighted by atomic mass is 10.1. The molecule has 0 fully saturated rings. The average molecular weight is 1010 g/mol. The van der Waals surface area contributed by atoms with E-state index in [9.17, 15) is 18.8 Å². The zero-order valence-electron chi connectivity index (χ0n) is 27.3. The molecule has 0 N–H and O–H groups in total. The number of aryl methyl sites for hydroxylation is 1. The second-order valence-electron chi connectivity index (χ2n) is 10.7. The molecule has 3 heterocycles. The quantitative estimate of drug-likeness (QED) is 0.107. The van der Waals surface area contributed by atoms with E-state index >= 15 is 0 Å². The number of thiophene rings is 3. The van der Waals surface area contributed by atoms with Crippen molar-refractivity contribution in [3.63, 3.8) is 0 Å². The molecule has 6 rings (SSSR count). The maximum absolute atomic E-state index is 12.7. The maximum atomic E-state index is 12.7. The second kappa shape index (κ2) is 21.4. The highest BCUT2D eigenvalue weighted by molar-refractivity contribution is 9.11. The number of carbonyl (C=O) groups is 3. The smallest absolute Gasteiger partial charge is 0.185 e. The van der Waals surface area contributed by atoms with Gasteiger partial charge >= 0.3 is 0 Å². The highest BCUT2D eigenvalue weighted by atomic mass is 79.9. The fourth-order valence-electron chi connectivity index (χ4n) is 4.07. The van der Waals surface area contributed by atoms with Crippen molar-refractivity contribution in [3.05, 3.63) is 184 Å². The van der Waals surface area contributed by atoms with Gasteiger partial charge in [0, 0.05) is 65.9 Å². The van der Waals surface area contributed by atoms with Crippen LogP contribution in [0.15, 0.2) is 127 Å². The minimum atomic E-state index is -0.340. The van der Waals surface area contributed by atoms with Gasteiger partial charge in [0.1, 0.15) is 5.82 Å². The highest BCUT2D eigenvalue weighted by Crippen LogP contribution is 2.25. The van der Waals surface area contributed by atoms with Crippen LogP contribution in [-0.4, -0.2) is 17.3 Å². The van der Waals surface area contributed by atoms with Gasteiger partial charge in [0.15, 0.2) is 17.3 Å². The molecule has 13 heteroatoms. The number of halogens is 7. The number of rotatable bonds is 9. The van der Waals surface area contributed by atoms with E-state index in [0.717, 1.165) is 33.6 Å². The molecule has 0 aliphatic rings. The molecule has 0 radical (unpaired) electrons. The highest BCUT2D eigenvalue weighted by Gasteiger charge is 2.07. The monoisotopic (exact) mass is 1010 g/mol. The van der Waals surface area contributed by atoms with Gasteiger partial charge in [0.25, 0.3) is 0 Å². The summed E-state index contributed by atoms with van der Waals surface area (Å²) >= 11 is 32.4. The Morgan fingerprint density at radius 3 is 1.28 bits per heavy atom. The molecular formula is C40H25Br3Cl3FO3S3. The third kappa shape index (κ3) is 14.4. The summed E-state index contributed by atoms with van der Waals surface area (Å²) in [5, 5.41) is 7.40. The van der Waals surface area contributed by atoms with Gasteiger partial charge < -0.3 is 0 Å². The molecule has 6 aromatic rings. The SMILES string of the molecule is Cc1cc(C(=O)C=Cc2cc(Br)cs2)ccc1Cl.O=C(C=Cc1cc(Br)cs1)c1ccc(Cl)c(Cl)c1.O=C(C=Cc1cc(Br)cs1)c1ccc(F)cc1. The molecular weight excluding hydrogens is 990 g/mol. The molecule has 0 spiro atoms. The van der Waals surface area contributed by atoms with Crippen molar-refractivity contribution in [3.8, 4) is 0 Å². The van der Waals surface area contributed by atoms with Gasteiger partial charge in [-0.1, -0.05) is 34.8 Å². The first-order valence-corrected chi connectivity index (χ1v) is 21.3. The maximum Gasteiger partial charge on any atom is 0.185 e. The Hall–Kier alpha value is -2.77. The van der Waals surface area contributed by atoms with E-state index in [2.05, 4.69) is 47.8 Å². The summed E-state index contributed by atoms with van der Waals surface area (Å²) in [6, 6.07) is 21.5. The third-order valence-corrected chi connectivity index (χ3v) is 12.9. The Balaban J connectivity index is 0.000000178. The number of ketones is 3. The molecule has 0 aliphatic carbocycles. The molecule has 0 bridgehead atoms. The minimum Gasteiger partial charge on any atom is -0.289 e. The predicted octanol–water partition coefficient (Wildman–Crippen LogP) is 15.6. The van der Waals surface area contributed by atoms with Crippen molar-refractivity contribution in [1.29, 1.82) is 0 Å². The fourth-order valence-corrected chi connectivity index (χ4v) is 8.50. The van der Waals surface area contributed by atoms with Crippen molar-refractivity contribution in [1.82, 2.24) is 0 Å². The van der Waals surface area contributed by atoms with Gasteiger partial charge in [-0.15, -0.1) is 34.0 Å². The summed E-state index contributed by atoms with van der Waals surface area (Å²) in [6.45, 7) is 1.89. The van der Waals surface area contributed by atoms with Crippen molar-refractivity contribution in [2.75, 3.05) is 0 Å². The normalized spacial score (nSPS) is 11.0. The summed E-state index contributed by atoms with van der Waals surface area (Å²) in [5.41, 5.74) is 2.58. The van der Waals surface area contributed by atoms with Crippen molar-refractivity contribution in [2.24, 2.45) is 0 Å². The third-order valence-electron chi connectivity index (χ3n) is 6.74. The largest absolute Gasteiger partial charge is 0.289 e. The first kappa shape index (κ1) is 43.0. The number of hydrogen-bond acceptors (Lipinski definition) is 6. The van der Waals surface area contributed by atoms with Crippen molar-refractivity contribution < 1.29 is 18.8 Å². The summed E-state index contributed by atoms with van der Waals surface area (Å²) < 4.78 is 15.7. The van der Waals surface area contributed by atoms with E-state index in [4.69, 9.17) is 34.8 Å². The van der Waals surface area contributed by atoms with Gasteiger partial charge in [-0.2, -0.15) is 0 Å². The molecule has 0 unspecified atom stereocenters. The molecule has 3 aromatic carbocycles. The zero-order valence-corrected chi connectivity index (χ0v) is 36.8. The molecule has 0 aliphatic heterocycles. The van der Waals surface area contributed by atoms with Crippen LogP contribution in [0.2, 0.25) is 15.1 Å². The Labute approximate surface area is 358 Å². The fraction of sp³-hybridized carbons (Fsp3) is 0.0250. The van der Waals surface area contributed by atoms with Crippen LogP contribution in [0.5, 0.6) is 0 Å². The first-order valence-electron chi connectivity index (χ1n) is 15.1. The molecule has 0 atom stereocenters. The van der Waals surface area contributed by atoms with Gasteiger partial charge in [0.05, 0.1) is 10.0 Å². The zero-order chi connectivity index (χ0) is 38.5. The number of carbonyl (C=O) groups excluding carboxylic acids is 3. The second-order valence-corrected chi connectivity index (χ2v) is 17.5. The van der Waals surface area contributed by atoms with Gasteiger partial charge in [0.2, 0.25) is 0 Å². The van der Waals surface area contributed by atoms with Crippen molar-refractivity contribution >= 4 is 152 Å². The summed E-state index contributed by atoms with van der Waals surface area (Å²) in [5.74, 6) is -0.584.